The van der Waals surface area contributed by atoms with Crippen molar-refractivity contribution in [2.75, 3.05) is 0 Å². The third-order valence-corrected chi connectivity index (χ3v) is 1.92. The van der Waals surface area contributed by atoms with Crippen LogP contribution in [0.1, 0.15) is 10.4 Å². The van der Waals surface area contributed by atoms with Crippen LogP contribution in [-0.2, 0) is 0 Å². The molecule has 0 fully saturated rings. The molecule has 0 saturated carbocycles. The van der Waals surface area contributed by atoms with Gasteiger partial charge in [-0.25, -0.2) is 0 Å². The second-order valence-corrected chi connectivity index (χ2v) is 3.46. The fourth-order valence-electron chi connectivity index (χ4n) is 0.743. The number of nitrogens with two attached hydrogens (primary N) is 1. The van der Waals surface area contributed by atoms with Crippen molar-refractivity contribution < 1.29 is 18.0 Å². The molecule has 0 aliphatic carbocycles. The maximum Gasteiger partial charge on any atom is 0.446 e. The van der Waals surface area contributed by atoms with Crippen molar-refractivity contribution in [3.05, 3.63) is 24.0 Å². The third-order valence-electron chi connectivity index (χ3n) is 1.23. The number of carbonyl (C=O) groups excluding carboxylic acids is 1. The summed E-state index contributed by atoms with van der Waals surface area (Å²) in [5.41, 5.74) is 0.444. The highest BCUT2D eigenvalue weighted by Gasteiger charge is 2.29. The smallest absolute Gasteiger partial charge is 0.366 e. The first-order chi connectivity index (χ1) is 6.38. The lowest BCUT2D eigenvalue weighted by Gasteiger charge is -2.05. The van der Waals surface area contributed by atoms with Crippen molar-refractivity contribution in [3.8, 4) is 0 Å². The first-order valence-electron chi connectivity index (χ1n) is 3.39. The molecule has 3 nitrogen and oxygen atoms in total. The van der Waals surface area contributed by atoms with E-state index in [2.05, 4.69) is 4.98 Å². The minimum absolute atomic E-state index is 0.0424. The van der Waals surface area contributed by atoms with E-state index in [0.29, 0.717) is 0 Å². The van der Waals surface area contributed by atoms with Crippen molar-refractivity contribution in [1.82, 2.24) is 4.98 Å². The van der Waals surface area contributed by atoms with E-state index < -0.39 is 11.4 Å². The molecule has 0 aliphatic rings. The SMILES string of the molecule is NC(=O)c1cncc(SC(F)(F)F)c1. The molecule has 0 aromatic carbocycles. The normalized spacial score (nSPS) is 11.4. The zero-order valence-electron chi connectivity index (χ0n) is 6.71. The quantitative estimate of drug-likeness (QED) is 0.776. The second-order valence-electron chi connectivity index (χ2n) is 2.32. The van der Waals surface area contributed by atoms with Crippen LogP contribution in [0.25, 0.3) is 0 Å². The van der Waals surface area contributed by atoms with Gasteiger partial charge in [0.1, 0.15) is 0 Å². The number of hydrogen-bond acceptors (Lipinski definition) is 3. The first-order valence-corrected chi connectivity index (χ1v) is 4.21. The fourth-order valence-corrected chi connectivity index (χ4v) is 1.31. The molecule has 0 bridgehead atoms. The van der Waals surface area contributed by atoms with Gasteiger partial charge in [0.15, 0.2) is 0 Å². The minimum atomic E-state index is -4.39. The van der Waals surface area contributed by atoms with Crippen molar-refractivity contribution in [2.24, 2.45) is 5.73 Å². The summed E-state index contributed by atoms with van der Waals surface area (Å²) >= 11 is -0.338. The summed E-state index contributed by atoms with van der Waals surface area (Å²) in [6.45, 7) is 0. The van der Waals surface area contributed by atoms with E-state index in [9.17, 15) is 18.0 Å². The molecule has 76 valence electrons. The minimum Gasteiger partial charge on any atom is -0.366 e. The van der Waals surface area contributed by atoms with Crippen LogP contribution in [0, 0.1) is 0 Å². The van der Waals surface area contributed by atoms with Gasteiger partial charge >= 0.3 is 5.51 Å². The molecule has 0 unspecified atom stereocenters. The summed E-state index contributed by atoms with van der Waals surface area (Å²) in [5, 5.41) is 0. The lowest BCUT2D eigenvalue weighted by atomic mass is 10.3. The van der Waals surface area contributed by atoms with Crippen LogP contribution in [0.2, 0.25) is 0 Å². The molecule has 0 atom stereocenters. The summed E-state index contributed by atoms with van der Waals surface area (Å²) in [5.74, 6) is -0.804. The highest BCUT2D eigenvalue weighted by atomic mass is 32.2. The van der Waals surface area contributed by atoms with Crippen LogP contribution >= 0.6 is 11.8 Å². The number of aromatic nitrogens is 1. The summed E-state index contributed by atoms with van der Waals surface area (Å²) in [4.78, 5) is 13.9. The number of halogens is 3. The molecule has 14 heavy (non-hydrogen) atoms. The number of pyridine rings is 1. The molecule has 0 aliphatic heterocycles. The Morgan fingerprint density at radius 2 is 2.07 bits per heavy atom. The van der Waals surface area contributed by atoms with Gasteiger partial charge in [0.05, 0.1) is 5.56 Å². The van der Waals surface area contributed by atoms with Crippen molar-refractivity contribution in [3.63, 3.8) is 0 Å². The Morgan fingerprint density at radius 3 is 2.57 bits per heavy atom. The van der Waals surface area contributed by atoms with Crippen LogP contribution in [0.4, 0.5) is 13.2 Å². The average molecular weight is 222 g/mol. The Morgan fingerprint density at radius 1 is 1.43 bits per heavy atom. The number of rotatable bonds is 2. The van der Waals surface area contributed by atoms with Gasteiger partial charge in [-0.05, 0) is 17.8 Å². The lowest BCUT2D eigenvalue weighted by Crippen LogP contribution is -2.11. The van der Waals surface area contributed by atoms with Gasteiger partial charge < -0.3 is 5.73 Å². The van der Waals surface area contributed by atoms with E-state index in [1.807, 2.05) is 0 Å². The zero-order valence-corrected chi connectivity index (χ0v) is 7.52. The molecule has 1 heterocycles. The monoisotopic (exact) mass is 222 g/mol. The Hall–Kier alpha value is -1.24. The summed E-state index contributed by atoms with van der Waals surface area (Å²) in [6, 6.07) is 1.05. The van der Waals surface area contributed by atoms with Crippen molar-refractivity contribution >= 4 is 17.7 Å². The number of nitrogens with zero attached hydrogens (tertiary/aromatic N) is 1. The van der Waals surface area contributed by atoms with Gasteiger partial charge in [-0.2, -0.15) is 13.2 Å². The predicted octanol–water partition coefficient (Wildman–Crippen LogP) is 1.79. The Kier molecular flexibility index (Phi) is 3.00. The molecule has 1 aromatic rings. The number of carbonyl (C=O) groups is 1. The maximum atomic E-state index is 11.9. The molecular formula is C7H5F3N2OS. The van der Waals surface area contributed by atoms with E-state index in [1.54, 1.807) is 0 Å². The average Bonchev–Trinajstić information content (AvgIpc) is 2.01. The predicted molar refractivity (Wildman–Crippen MR) is 44.7 cm³/mol. The molecule has 0 spiro atoms. The number of alkyl halides is 3. The van der Waals surface area contributed by atoms with Gasteiger partial charge in [-0.15, -0.1) is 0 Å². The number of hydrogen-bond donors (Lipinski definition) is 1. The molecule has 1 aromatic heterocycles. The second kappa shape index (κ2) is 3.87. The standard InChI is InChI=1S/C7H5F3N2OS/c8-7(9,10)14-5-1-4(6(11)13)2-12-3-5/h1-3H,(H2,11,13). The first kappa shape index (κ1) is 10.8. The lowest BCUT2D eigenvalue weighted by molar-refractivity contribution is -0.0328. The Balaban J connectivity index is 2.89. The van der Waals surface area contributed by atoms with Crippen LogP contribution in [0.5, 0.6) is 0 Å². The maximum absolute atomic E-state index is 11.9. The molecular weight excluding hydrogens is 217 g/mol. The van der Waals surface area contributed by atoms with Gasteiger partial charge in [0.25, 0.3) is 0 Å². The number of amides is 1. The van der Waals surface area contributed by atoms with Crippen LogP contribution in [-0.4, -0.2) is 16.4 Å². The molecule has 0 saturated heterocycles. The van der Waals surface area contributed by atoms with Gasteiger partial charge in [-0.1, -0.05) is 0 Å². The Bertz CT molecular complexity index is 353. The van der Waals surface area contributed by atoms with E-state index >= 15 is 0 Å². The number of primary amides is 1. The van der Waals surface area contributed by atoms with Crippen molar-refractivity contribution in [1.29, 1.82) is 0 Å². The van der Waals surface area contributed by atoms with E-state index in [1.165, 1.54) is 0 Å². The highest BCUT2D eigenvalue weighted by Crippen LogP contribution is 2.36. The largest absolute Gasteiger partial charge is 0.446 e. The van der Waals surface area contributed by atoms with Gasteiger partial charge in [0, 0.05) is 17.3 Å². The van der Waals surface area contributed by atoms with Gasteiger partial charge in [0.2, 0.25) is 5.91 Å². The summed E-state index contributed by atoms with van der Waals surface area (Å²) in [6.07, 6.45) is 2.13. The summed E-state index contributed by atoms with van der Waals surface area (Å²) in [7, 11) is 0. The molecule has 1 amide bonds. The fraction of sp³-hybridized carbons (Fsp3) is 0.143. The molecule has 7 heteroatoms. The van der Waals surface area contributed by atoms with Crippen LogP contribution in [0.3, 0.4) is 0 Å². The van der Waals surface area contributed by atoms with E-state index in [4.69, 9.17) is 5.73 Å². The van der Waals surface area contributed by atoms with Crippen LogP contribution in [0.15, 0.2) is 23.4 Å². The van der Waals surface area contributed by atoms with E-state index in [-0.39, 0.29) is 22.2 Å². The highest BCUT2D eigenvalue weighted by molar-refractivity contribution is 8.00. The Labute approximate surface area is 81.5 Å². The molecule has 0 radical (unpaired) electrons. The van der Waals surface area contributed by atoms with Crippen LogP contribution < -0.4 is 5.73 Å². The third kappa shape index (κ3) is 3.25. The molecule has 1 rings (SSSR count). The topological polar surface area (TPSA) is 56.0 Å². The number of thioether (sulfide) groups is 1. The van der Waals surface area contributed by atoms with Crippen molar-refractivity contribution in [2.45, 2.75) is 10.4 Å². The van der Waals surface area contributed by atoms with E-state index in [0.717, 1.165) is 18.5 Å². The van der Waals surface area contributed by atoms with Gasteiger partial charge in [-0.3, -0.25) is 9.78 Å². The summed E-state index contributed by atoms with van der Waals surface area (Å²) < 4.78 is 35.7. The molecule has 2 N–H and O–H groups in total. The zero-order chi connectivity index (χ0) is 10.8.